The normalized spacial score (nSPS) is 21.8. The van der Waals surface area contributed by atoms with Crippen molar-refractivity contribution in [1.82, 2.24) is 4.98 Å². The van der Waals surface area contributed by atoms with E-state index in [1.807, 2.05) is 6.20 Å². The van der Waals surface area contributed by atoms with Crippen LogP contribution in [0.3, 0.4) is 0 Å². The molecule has 0 bridgehead atoms. The van der Waals surface area contributed by atoms with Crippen LogP contribution in [0, 0.1) is 6.92 Å². The molecule has 0 aromatic carbocycles. The first-order valence-corrected chi connectivity index (χ1v) is 5.94. The van der Waals surface area contributed by atoms with Crippen molar-refractivity contribution in [3.05, 3.63) is 22.3 Å². The first-order valence-electron chi connectivity index (χ1n) is 5.15. The van der Waals surface area contributed by atoms with Gasteiger partial charge in [-0.15, -0.1) is 0 Å². The number of morpholine rings is 1. The van der Waals surface area contributed by atoms with Gasteiger partial charge in [-0.3, -0.25) is 0 Å². The van der Waals surface area contributed by atoms with E-state index in [-0.39, 0.29) is 0 Å². The Morgan fingerprint density at radius 2 is 2.40 bits per heavy atom. The Kier molecular flexibility index (Phi) is 3.26. The van der Waals surface area contributed by atoms with Gasteiger partial charge >= 0.3 is 0 Å². The second kappa shape index (κ2) is 4.49. The Balaban J connectivity index is 2.27. The van der Waals surface area contributed by atoms with Crippen molar-refractivity contribution in [2.75, 3.05) is 24.7 Å². The van der Waals surface area contributed by atoms with E-state index in [1.54, 1.807) is 0 Å². The molecule has 1 aliphatic rings. The lowest BCUT2D eigenvalue weighted by Crippen LogP contribution is -2.44. The summed E-state index contributed by atoms with van der Waals surface area (Å²) in [6.07, 6.45) is 1.85. The SMILES string of the molecule is Cc1cc(Br)cnc1N1CCOCC1C. The van der Waals surface area contributed by atoms with Crippen LogP contribution in [0.25, 0.3) is 0 Å². The molecular weight excluding hydrogens is 256 g/mol. The molecule has 1 aliphatic heterocycles. The number of hydrogen-bond acceptors (Lipinski definition) is 3. The highest BCUT2D eigenvalue weighted by Crippen LogP contribution is 2.23. The first-order chi connectivity index (χ1) is 7.18. The van der Waals surface area contributed by atoms with Crippen molar-refractivity contribution in [3.8, 4) is 0 Å². The minimum Gasteiger partial charge on any atom is -0.377 e. The first kappa shape index (κ1) is 10.9. The van der Waals surface area contributed by atoms with Gasteiger partial charge in [0.1, 0.15) is 5.82 Å². The summed E-state index contributed by atoms with van der Waals surface area (Å²) in [5.74, 6) is 1.08. The van der Waals surface area contributed by atoms with Gasteiger partial charge < -0.3 is 9.64 Å². The van der Waals surface area contributed by atoms with Crippen molar-refractivity contribution in [1.29, 1.82) is 0 Å². The largest absolute Gasteiger partial charge is 0.377 e. The fourth-order valence-corrected chi connectivity index (χ4v) is 2.32. The molecule has 1 aromatic rings. The molecule has 1 saturated heterocycles. The monoisotopic (exact) mass is 270 g/mol. The number of pyridine rings is 1. The van der Waals surface area contributed by atoms with E-state index in [9.17, 15) is 0 Å². The standard InChI is InChI=1S/C11H15BrN2O/c1-8-5-10(12)6-13-11(8)14-3-4-15-7-9(14)2/h5-6,9H,3-4,7H2,1-2H3. The van der Waals surface area contributed by atoms with E-state index >= 15 is 0 Å². The number of hydrogen-bond donors (Lipinski definition) is 0. The van der Waals surface area contributed by atoms with Gasteiger partial charge in [0.2, 0.25) is 0 Å². The molecule has 82 valence electrons. The zero-order valence-corrected chi connectivity index (χ0v) is 10.6. The van der Waals surface area contributed by atoms with Gasteiger partial charge in [0, 0.05) is 17.2 Å². The molecular formula is C11H15BrN2O. The quantitative estimate of drug-likeness (QED) is 0.784. The van der Waals surface area contributed by atoms with Crippen LogP contribution in [0.15, 0.2) is 16.7 Å². The highest BCUT2D eigenvalue weighted by Gasteiger charge is 2.21. The van der Waals surface area contributed by atoms with E-state index in [0.29, 0.717) is 6.04 Å². The second-order valence-electron chi connectivity index (χ2n) is 3.91. The Morgan fingerprint density at radius 1 is 1.60 bits per heavy atom. The number of anilines is 1. The fraction of sp³-hybridized carbons (Fsp3) is 0.545. The van der Waals surface area contributed by atoms with Crippen LogP contribution in [0.5, 0.6) is 0 Å². The minimum atomic E-state index is 0.408. The molecule has 1 fully saturated rings. The number of halogens is 1. The Hall–Kier alpha value is -0.610. The van der Waals surface area contributed by atoms with E-state index in [2.05, 4.69) is 45.7 Å². The predicted molar refractivity (Wildman–Crippen MR) is 64.3 cm³/mol. The molecule has 15 heavy (non-hydrogen) atoms. The number of ether oxygens (including phenoxy) is 1. The maximum absolute atomic E-state index is 5.42. The Labute approximate surface area is 98.6 Å². The molecule has 1 aromatic heterocycles. The van der Waals surface area contributed by atoms with Crippen LogP contribution in [0.4, 0.5) is 5.82 Å². The van der Waals surface area contributed by atoms with E-state index in [0.717, 1.165) is 30.0 Å². The van der Waals surface area contributed by atoms with Crippen molar-refractivity contribution >= 4 is 21.7 Å². The van der Waals surface area contributed by atoms with Crippen molar-refractivity contribution < 1.29 is 4.74 Å². The lowest BCUT2D eigenvalue weighted by molar-refractivity contribution is 0.0985. The number of nitrogens with zero attached hydrogens (tertiary/aromatic N) is 2. The molecule has 0 spiro atoms. The van der Waals surface area contributed by atoms with Crippen LogP contribution in [0.1, 0.15) is 12.5 Å². The van der Waals surface area contributed by atoms with E-state index in [1.165, 1.54) is 5.56 Å². The van der Waals surface area contributed by atoms with Crippen molar-refractivity contribution in [2.24, 2.45) is 0 Å². The lowest BCUT2D eigenvalue weighted by atomic mass is 10.2. The molecule has 1 atom stereocenters. The van der Waals surface area contributed by atoms with Gasteiger partial charge in [0.15, 0.2) is 0 Å². The van der Waals surface area contributed by atoms with Crippen LogP contribution < -0.4 is 4.90 Å². The van der Waals surface area contributed by atoms with Crippen LogP contribution in [-0.4, -0.2) is 30.8 Å². The van der Waals surface area contributed by atoms with Gasteiger partial charge in [0.05, 0.1) is 19.3 Å². The second-order valence-corrected chi connectivity index (χ2v) is 4.83. The maximum Gasteiger partial charge on any atom is 0.131 e. The van der Waals surface area contributed by atoms with Crippen LogP contribution in [-0.2, 0) is 4.74 Å². The van der Waals surface area contributed by atoms with Gasteiger partial charge in [-0.05, 0) is 41.4 Å². The third kappa shape index (κ3) is 2.32. The lowest BCUT2D eigenvalue weighted by Gasteiger charge is -2.35. The summed E-state index contributed by atoms with van der Waals surface area (Å²) in [5.41, 5.74) is 1.21. The minimum absolute atomic E-state index is 0.408. The zero-order chi connectivity index (χ0) is 10.8. The maximum atomic E-state index is 5.42. The highest BCUT2D eigenvalue weighted by molar-refractivity contribution is 9.10. The van der Waals surface area contributed by atoms with Crippen molar-refractivity contribution in [2.45, 2.75) is 19.9 Å². The summed E-state index contributed by atoms with van der Waals surface area (Å²) in [5, 5.41) is 0. The molecule has 0 amide bonds. The van der Waals surface area contributed by atoms with Gasteiger partial charge in [-0.25, -0.2) is 4.98 Å². The third-order valence-corrected chi connectivity index (χ3v) is 3.09. The van der Waals surface area contributed by atoms with Crippen LogP contribution >= 0.6 is 15.9 Å². The van der Waals surface area contributed by atoms with Gasteiger partial charge in [-0.2, -0.15) is 0 Å². The molecule has 4 heteroatoms. The Morgan fingerprint density at radius 3 is 3.07 bits per heavy atom. The average molecular weight is 271 g/mol. The molecule has 1 unspecified atom stereocenters. The summed E-state index contributed by atoms with van der Waals surface area (Å²) < 4.78 is 6.45. The molecule has 2 heterocycles. The number of rotatable bonds is 1. The molecule has 0 saturated carbocycles. The fourth-order valence-electron chi connectivity index (χ4n) is 1.88. The van der Waals surface area contributed by atoms with Crippen LogP contribution in [0.2, 0.25) is 0 Å². The van der Waals surface area contributed by atoms with E-state index in [4.69, 9.17) is 4.74 Å². The van der Waals surface area contributed by atoms with Gasteiger partial charge in [-0.1, -0.05) is 0 Å². The zero-order valence-electron chi connectivity index (χ0n) is 9.03. The summed E-state index contributed by atoms with van der Waals surface area (Å²) >= 11 is 3.43. The smallest absolute Gasteiger partial charge is 0.131 e. The van der Waals surface area contributed by atoms with Gasteiger partial charge in [0.25, 0.3) is 0 Å². The topological polar surface area (TPSA) is 25.4 Å². The molecule has 2 rings (SSSR count). The Bertz CT molecular complexity index is 356. The molecule has 3 nitrogen and oxygen atoms in total. The van der Waals surface area contributed by atoms with E-state index < -0.39 is 0 Å². The number of aryl methyl sites for hydroxylation is 1. The average Bonchev–Trinajstić information content (AvgIpc) is 2.20. The predicted octanol–water partition coefficient (Wildman–Crippen LogP) is 2.38. The van der Waals surface area contributed by atoms with Crippen molar-refractivity contribution in [3.63, 3.8) is 0 Å². The molecule has 0 radical (unpaired) electrons. The third-order valence-electron chi connectivity index (χ3n) is 2.66. The molecule has 0 N–H and O–H groups in total. The summed E-state index contributed by atoms with van der Waals surface area (Å²) in [6.45, 7) is 6.77. The number of aromatic nitrogens is 1. The summed E-state index contributed by atoms with van der Waals surface area (Å²) in [7, 11) is 0. The highest BCUT2D eigenvalue weighted by atomic mass is 79.9. The molecule has 0 aliphatic carbocycles. The summed E-state index contributed by atoms with van der Waals surface area (Å²) in [6, 6.07) is 2.51. The summed E-state index contributed by atoms with van der Waals surface area (Å²) in [4.78, 5) is 6.79.